The molecule has 1 aliphatic heterocycles. The first-order chi connectivity index (χ1) is 11.4. The number of nitrogens with one attached hydrogen (secondary N) is 2. The molecule has 0 aromatic carbocycles. The minimum atomic E-state index is -1.09. The maximum absolute atomic E-state index is 12.3. The number of hydrogen-bond donors (Lipinski definition) is 3. The smallest absolute Gasteiger partial charge is 0.328 e. The van der Waals surface area contributed by atoms with E-state index in [1.807, 2.05) is 0 Å². The van der Waals surface area contributed by atoms with Gasteiger partial charge in [0.15, 0.2) is 0 Å². The highest BCUT2D eigenvalue weighted by atomic mass is 16.5. The van der Waals surface area contributed by atoms with Crippen LogP contribution in [0.4, 0.5) is 0 Å². The van der Waals surface area contributed by atoms with Gasteiger partial charge in [0.25, 0.3) is 5.56 Å². The Balaban J connectivity index is 2.01. The molecule has 1 aromatic heterocycles. The number of nitrogens with zero attached hydrogens (tertiary/aromatic N) is 2. The molecule has 1 saturated heterocycles. The number of carbonyl (C=O) groups is 2. The topological polar surface area (TPSA) is 134 Å². The van der Waals surface area contributed by atoms with Crippen molar-refractivity contribution in [1.82, 2.24) is 19.8 Å². The number of H-pyrrole nitrogens is 1. The van der Waals surface area contributed by atoms with E-state index in [-0.39, 0.29) is 12.1 Å². The van der Waals surface area contributed by atoms with E-state index in [0.717, 1.165) is 4.57 Å². The highest BCUT2D eigenvalue weighted by molar-refractivity contribution is 5.87. The lowest BCUT2D eigenvalue weighted by Gasteiger charge is -2.30. The molecule has 0 spiro atoms. The van der Waals surface area contributed by atoms with Crippen molar-refractivity contribution in [2.75, 3.05) is 32.9 Å². The van der Waals surface area contributed by atoms with Gasteiger partial charge in [-0.1, -0.05) is 0 Å². The van der Waals surface area contributed by atoms with Gasteiger partial charge in [0.2, 0.25) is 11.8 Å². The van der Waals surface area contributed by atoms with Crippen molar-refractivity contribution in [2.24, 2.45) is 0 Å². The van der Waals surface area contributed by atoms with Gasteiger partial charge in [-0.25, -0.2) is 4.79 Å². The Morgan fingerprint density at radius 1 is 1.38 bits per heavy atom. The Morgan fingerprint density at radius 2 is 2.04 bits per heavy atom. The number of aliphatic hydroxyl groups is 1. The molecule has 2 rings (SSSR count). The average Bonchev–Trinajstić information content (AvgIpc) is 2.57. The third kappa shape index (κ3) is 4.30. The minimum Gasteiger partial charge on any atom is -0.394 e. The summed E-state index contributed by atoms with van der Waals surface area (Å²) in [7, 11) is 0. The molecule has 0 saturated carbocycles. The number of hydrogen-bond acceptors (Lipinski definition) is 6. The number of aromatic nitrogens is 2. The molecule has 2 amide bonds. The standard InChI is InChI=1S/C14H20N4O6/c1-9-6-18(14(23)16-12(9)21)7-11(20)15-10(8-19)13(22)17-2-4-24-5-3-17/h6,10,19H,2-5,7-8H2,1H3,(H,15,20)(H,16,21,23). The first-order valence-electron chi connectivity index (χ1n) is 7.49. The van der Waals surface area contributed by atoms with Crippen molar-refractivity contribution < 1.29 is 19.4 Å². The van der Waals surface area contributed by atoms with Crippen LogP contribution in [-0.2, 0) is 20.9 Å². The number of carbonyl (C=O) groups excluding carboxylic acids is 2. The summed E-state index contributed by atoms with van der Waals surface area (Å²) < 4.78 is 6.17. The van der Waals surface area contributed by atoms with Crippen molar-refractivity contribution in [1.29, 1.82) is 0 Å². The number of amides is 2. The molecule has 1 unspecified atom stereocenters. The number of ether oxygens (including phenoxy) is 1. The van der Waals surface area contributed by atoms with Crippen LogP contribution in [0.5, 0.6) is 0 Å². The summed E-state index contributed by atoms with van der Waals surface area (Å²) in [5.74, 6) is -1.02. The van der Waals surface area contributed by atoms with Crippen LogP contribution < -0.4 is 16.6 Å². The lowest BCUT2D eigenvalue weighted by Crippen LogP contribution is -2.54. The molecule has 10 heteroatoms. The highest BCUT2D eigenvalue weighted by Gasteiger charge is 2.26. The summed E-state index contributed by atoms with van der Waals surface area (Å²) in [6.07, 6.45) is 1.26. The fourth-order valence-electron chi connectivity index (χ4n) is 2.32. The van der Waals surface area contributed by atoms with Gasteiger partial charge in [-0.3, -0.25) is 23.9 Å². The van der Waals surface area contributed by atoms with Crippen molar-refractivity contribution in [2.45, 2.75) is 19.5 Å². The Kier molecular flexibility index (Phi) is 5.88. The second-order valence-corrected chi connectivity index (χ2v) is 5.44. The van der Waals surface area contributed by atoms with Gasteiger partial charge in [0, 0.05) is 24.8 Å². The second-order valence-electron chi connectivity index (χ2n) is 5.44. The molecule has 1 atom stereocenters. The number of aromatic amines is 1. The third-order valence-corrected chi connectivity index (χ3v) is 3.64. The maximum Gasteiger partial charge on any atom is 0.328 e. The highest BCUT2D eigenvalue weighted by Crippen LogP contribution is 2.01. The molecule has 0 bridgehead atoms. The van der Waals surface area contributed by atoms with E-state index in [1.54, 1.807) is 0 Å². The van der Waals surface area contributed by atoms with Crippen molar-refractivity contribution in [3.05, 3.63) is 32.6 Å². The molecule has 2 heterocycles. The van der Waals surface area contributed by atoms with Crippen LogP contribution in [0.3, 0.4) is 0 Å². The first-order valence-corrected chi connectivity index (χ1v) is 7.49. The van der Waals surface area contributed by atoms with Crippen molar-refractivity contribution in [3.8, 4) is 0 Å². The van der Waals surface area contributed by atoms with Crippen LogP contribution in [0.2, 0.25) is 0 Å². The molecular weight excluding hydrogens is 320 g/mol. The minimum absolute atomic E-state index is 0.283. The lowest BCUT2D eigenvalue weighted by molar-refractivity contribution is -0.141. The zero-order chi connectivity index (χ0) is 17.7. The van der Waals surface area contributed by atoms with E-state index >= 15 is 0 Å². The molecule has 0 aliphatic carbocycles. The zero-order valence-corrected chi connectivity index (χ0v) is 13.3. The van der Waals surface area contributed by atoms with Gasteiger partial charge < -0.3 is 20.1 Å². The second kappa shape index (κ2) is 7.88. The Labute approximate surface area is 137 Å². The molecular formula is C14H20N4O6. The van der Waals surface area contributed by atoms with Gasteiger partial charge in [-0.05, 0) is 6.92 Å². The fourth-order valence-corrected chi connectivity index (χ4v) is 2.32. The maximum atomic E-state index is 12.3. The summed E-state index contributed by atoms with van der Waals surface area (Å²) in [6, 6.07) is -1.09. The number of aryl methyl sites for hydroxylation is 1. The number of rotatable bonds is 5. The molecule has 24 heavy (non-hydrogen) atoms. The quantitative estimate of drug-likeness (QED) is 0.529. The monoisotopic (exact) mass is 340 g/mol. The van der Waals surface area contributed by atoms with Gasteiger partial charge >= 0.3 is 5.69 Å². The van der Waals surface area contributed by atoms with Crippen LogP contribution in [-0.4, -0.2) is 70.3 Å². The Hall–Kier alpha value is -2.46. The molecule has 132 valence electrons. The summed E-state index contributed by atoms with van der Waals surface area (Å²) in [5.41, 5.74) is -0.960. The molecule has 3 N–H and O–H groups in total. The summed E-state index contributed by atoms with van der Waals surface area (Å²) in [5, 5.41) is 11.8. The summed E-state index contributed by atoms with van der Waals surface area (Å²) in [6.45, 7) is 2.18. The van der Waals surface area contributed by atoms with Crippen molar-refractivity contribution in [3.63, 3.8) is 0 Å². The van der Waals surface area contributed by atoms with E-state index in [1.165, 1.54) is 18.0 Å². The molecule has 0 radical (unpaired) electrons. The fraction of sp³-hybridized carbons (Fsp3) is 0.571. The predicted octanol–water partition coefficient (Wildman–Crippen LogP) is -2.82. The SMILES string of the molecule is Cc1cn(CC(=O)NC(CO)C(=O)N2CCOCC2)c(=O)[nH]c1=O. The van der Waals surface area contributed by atoms with Crippen molar-refractivity contribution >= 4 is 11.8 Å². The molecule has 1 aliphatic rings. The molecule has 1 fully saturated rings. The van der Waals surface area contributed by atoms with Crippen LogP contribution >= 0.6 is 0 Å². The first kappa shape index (κ1) is 17.9. The van der Waals surface area contributed by atoms with E-state index in [0.29, 0.717) is 26.3 Å². The molecule has 10 nitrogen and oxygen atoms in total. The largest absolute Gasteiger partial charge is 0.394 e. The number of morpholine rings is 1. The van der Waals surface area contributed by atoms with E-state index in [2.05, 4.69) is 10.3 Å². The normalized spacial score (nSPS) is 15.8. The number of aliphatic hydroxyl groups excluding tert-OH is 1. The van der Waals surface area contributed by atoms with Crippen LogP contribution in [0.15, 0.2) is 15.8 Å². The van der Waals surface area contributed by atoms with E-state index < -0.39 is 35.7 Å². The molecule has 1 aromatic rings. The zero-order valence-electron chi connectivity index (χ0n) is 13.3. The third-order valence-electron chi connectivity index (χ3n) is 3.64. The van der Waals surface area contributed by atoms with Gasteiger partial charge in [-0.15, -0.1) is 0 Å². The predicted molar refractivity (Wildman–Crippen MR) is 82.5 cm³/mol. The van der Waals surface area contributed by atoms with E-state index in [4.69, 9.17) is 4.74 Å². The Morgan fingerprint density at radius 3 is 2.67 bits per heavy atom. The van der Waals surface area contributed by atoms with Crippen LogP contribution in [0.25, 0.3) is 0 Å². The van der Waals surface area contributed by atoms with E-state index in [9.17, 15) is 24.3 Å². The summed E-state index contributed by atoms with van der Waals surface area (Å²) >= 11 is 0. The van der Waals surface area contributed by atoms with Crippen LogP contribution in [0.1, 0.15) is 5.56 Å². The summed E-state index contributed by atoms with van der Waals surface area (Å²) in [4.78, 5) is 50.9. The van der Waals surface area contributed by atoms with Crippen LogP contribution in [0, 0.1) is 6.92 Å². The average molecular weight is 340 g/mol. The van der Waals surface area contributed by atoms with Gasteiger partial charge in [-0.2, -0.15) is 0 Å². The Bertz CT molecular complexity index is 719. The lowest BCUT2D eigenvalue weighted by atomic mass is 10.2. The van der Waals surface area contributed by atoms with Gasteiger partial charge in [0.1, 0.15) is 12.6 Å². The van der Waals surface area contributed by atoms with Gasteiger partial charge in [0.05, 0.1) is 19.8 Å².